The zero-order valence-corrected chi connectivity index (χ0v) is 12.4. The molecule has 4 heteroatoms. The van der Waals surface area contributed by atoms with Crippen LogP contribution in [0.15, 0.2) is 12.3 Å². The van der Waals surface area contributed by atoms with Crippen molar-refractivity contribution in [1.29, 1.82) is 0 Å². The minimum atomic E-state index is 0.572. The highest BCUT2D eigenvalue weighted by Gasteiger charge is 2.25. The lowest BCUT2D eigenvalue weighted by Crippen LogP contribution is -2.27. The van der Waals surface area contributed by atoms with Crippen molar-refractivity contribution in [2.45, 2.75) is 38.3 Å². The molecule has 1 aromatic rings. The summed E-state index contributed by atoms with van der Waals surface area (Å²) < 4.78 is 0. The number of rotatable bonds is 7. The third-order valence-electron chi connectivity index (χ3n) is 3.81. The van der Waals surface area contributed by atoms with Crippen molar-refractivity contribution in [2.75, 3.05) is 18.0 Å². The summed E-state index contributed by atoms with van der Waals surface area (Å²) in [6.45, 7) is 2.38. The van der Waals surface area contributed by atoms with Crippen LogP contribution < -0.4 is 10.2 Å². The number of nitrogens with zero attached hydrogens (tertiary/aromatic N) is 2. The van der Waals surface area contributed by atoms with Gasteiger partial charge in [0.25, 0.3) is 0 Å². The van der Waals surface area contributed by atoms with Crippen LogP contribution in [0.25, 0.3) is 0 Å². The summed E-state index contributed by atoms with van der Waals surface area (Å²) in [6, 6.07) is 2.71. The first-order valence-electron chi connectivity index (χ1n) is 7.32. The van der Waals surface area contributed by atoms with Gasteiger partial charge in [0.2, 0.25) is 0 Å². The number of hydrogen-bond acceptors (Lipinski definition) is 3. The summed E-state index contributed by atoms with van der Waals surface area (Å²) in [5, 5.41) is 4.18. The summed E-state index contributed by atoms with van der Waals surface area (Å²) in [5.74, 6) is 4.29. The largest absolute Gasteiger partial charge is 0.344 e. The summed E-state index contributed by atoms with van der Waals surface area (Å²) in [6.07, 6.45) is 12.5. The van der Waals surface area contributed by atoms with Gasteiger partial charge in [-0.05, 0) is 43.2 Å². The predicted octanol–water partition coefficient (Wildman–Crippen LogP) is 2.84. The molecule has 2 aliphatic rings. The van der Waals surface area contributed by atoms with Crippen molar-refractivity contribution in [3.63, 3.8) is 0 Å². The fourth-order valence-corrected chi connectivity index (χ4v) is 2.61. The van der Waals surface area contributed by atoms with E-state index in [1.54, 1.807) is 0 Å². The molecule has 0 aromatic carbocycles. The Bertz CT molecular complexity index is 515. The maximum atomic E-state index is 6.39. The van der Waals surface area contributed by atoms with Gasteiger partial charge in [-0.25, -0.2) is 4.98 Å². The quantitative estimate of drug-likeness (QED) is 0.783. The van der Waals surface area contributed by atoms with Crippen LogP contribution in [0.3, 0.4) is 0 Å². The Morgan fingerprint density at radius 1 is 1.40 bits per heavy atom. The third-order valence-corrected chi connectivity index (χ3v) is 4.09. The van der Waals surface area contributed by atoms with Crippen LogP contribution in [0.2, 0.25) is 5.02 Å². The molecule has 0 saturated heterocycles. The van der Waals surface area contributed by atoms with Crippen LogP contribution in [-0.2, 0) is 6.54 Å². The monoisotopic (exact) mass is 289 g/mol. The highest BCUT2D eigenvalue weighted by atomic mass is 35.5. The standard InChI is InChI=1S/C16H20ClN3/c1-2-7-20(11-12-3-4-12)16-15(17)8-13(10-19-16)9-18-14-5-6-14/h1,8,10,12,14,18H,3-7,9,11H2. The molecule has 3 rings (SSSR count). The van der Waals surface area contributed by atoms with Gasteiger partial charge in [0.1, 0.15) is 5.82 Å². The first kappa shape index (κ1) is 13.7. The summed E-state index contributed by atoms with van der Waals surface area (Å²) in [7, 11) is 0. The normalized spacial score (nSPS) is 17.8. The lowest BCUT2D eigenvalue weighted by Gasteiger charge is -2.22. The third kappa shape index (κ3) is 3.65. The molecular weight excluding hydrogens is 270 g/mol. The van der Waals surface area contributed by atoms with E-state index in [-0.39, 0.29) is 0 Å². The van der Waals surface area contributed by atoms with Crippen molar-refractivity contribution >= 4 is 17.4 Å². The minimum Gasteiger partial charge on any atom is -0.344 e. The number of halogens is 1. The van der Waals surface area contributed by atoms with E-state index in [9.17, 15) is 0 Å². The van der Waals surface area contributed by atoms with E-state index >= 15 is 0 Å². The fourth-order valence-electron chi connectivity index (χ4n) is 2.30. The lowest BCUT2D eigenvalue weighted by molar-refractivity contribution is 0.685. The second-order valence-corrected chi connectivity index (χ2v) is 6.24. The Kier molecular flexibility index (Phi) is 4.14. The SMILES string of the molecule is C#CCN(CC1CC1)c1ncc(CNC2CC2)cc1Cl. The molecule has 20 heavy (non-hydrogen) atoms. The van der Waals surface area contributed by atoms with Crippen molar-refractivity contribution < 1.29 is 0 Å². The van der Waals surface area contributed by atoms with E-state index in [0.717, 1.165) is 30.4 Å². The molecule has 2 aliphatic carbocycles. The van der Waals surface area contributed by atoms with E-state index in [0.29, 0.717) is 17.6 Å². The second kappa shape index (κ2) is 6.03. The molecule has 1 aromatic heterocycles. The number of terminal acetylenes is 1. The molecule has 106 valence electrons. The van der Waals surface area contributed by atoms with E-state index in [1.807, 2.05) is 12.3 Å². The molecule has 0 spiro atoms. The Hall–Kier alpha value is -1.24. The van der Waals surface area contributed by atoms with Crippen molar-refractivity contribution in [3.8, 4) is 12.3 Å². The maximum Gasteiger partial charge on any atom is 0.148 e. The van der Waals surface area contributed by atoms with E-state index in [4.69, 9.17) is 18.0 Å². The van der Waals surface area contributed by atoms with Gasteiger partial charge in [-0.15, -0.1) is 6.42 Å². The van der Waals surface area contributed by atoms with Crippen LogP contribution in [0.4, 0.5) is 5.82 Å². The molecule has 3 nitrogen and oxygen atoms in total. The first-order valence-corrected chi connectivity index (χ1v) is 7.70. The van der Waals surface area contributed by atoms with Gasteiger partial charge < -0.3 is 10.2 Å². The zero-order chi connectivity index (χ0) is 13.9. The molecule has 2 saturated carbocycles. The van der Waals surface area contributed by atoms with Crippen LogP contribution in [0.5, 0.6) is 0 Å². The van der Waals surface area contributed by atoms with Crippen LogP contribution in [0.1, 0.15) is 31.2 Å². The summed E-state index contributed by atoms with van der Waals surface area (Å²) in [5.41, 5.74) is 1.14. The van der Waals surface area contributed by atoms with Gasteiger partial charge in [-0.1, -0.05) is 17.5 Å². The Morgan fingerprint density at radius 2 is 2.20 bits per heavy atom. The molecule has 1 heterocycles. The molecule has 0 aliphatic heterocycles. The Morgan fingerprint density at radius 3 is 2.80 bits per heavy atom. The van der Waals surface area contributed by atoms with E-state index in [2.05, 4.69) is 21.1 Å². The number of pyridine rings is 1. The van der Waals surface area contributed by atoms with Crippen molar-refractivity contribution in [1.82, 2.24) is 10.3 Å². The fraction of sp³-hybridized carbons (Fsp3) is 0.562. The zero-order valence-electron chi connectivity index (χ0n) is 11.6. The van der Waals surface area contributed by atoms with Gasteiger partial charge in [0, 0.05) is 25.3 Å². The van der Waals surface area contributed by atoms with Crippen molar-refractivity contribution in [3.05, 3.63) is 22.8 Å². The van der Waals surface area contributed by atoms with Gasteiger partial charge in [-0.2, -0.15) is 0 Å². The van der Waals surface area contributed by atoms with Gasteiger partial charge in [0.15, 0.2) is 0 Å². The van der Waals surface area contributed by atoms with Gasteiger partial charge in [-0.3, -0.25) is 0 Å². The number of nitrogens with one attached hydrogen (secondary N) is 1. The van der Waals surface area contributed by atoms with Crippen LogP contribution in [-0.4, -0.2) is 24.1 Å². The Labute approximate surface area is 125 Å². The number of aromatic nitrogens is 1. The number of hydrogen-bond donors (Lipinski definition) is 1. The second-order valence-electron chi connectivity index (χ2n) is 5.83. The minimum absolute atomic E-state index is 0.572. The molecule has 0 bridgehead atoms. The maximum absolute atomic E-state index is 6.39. The average Bonchev–Trinajstić information content (AvgIpc) is 3.31. The molecular formula is C16H20ClN3. The molecule has 2 fully saturated rings. The van der Waals surface area contributed by atoms with Gasteiger partial charge >= 0.3 is 0 Å². The number of anilines is 1. The smallest absolute Gasteiger partial charge is 0.148 e. The molecule has 0 radical (unpaired) electrons. The van der Waals surface area contributed by atoms with Crippen LogP contribution in [0, 0.1) is 18.3 Å². The van der Waals surface area contributed by atoms with Crippen molar-refractivity contribution in [2.24, 2.45) is 5.92 Å². The topological polar surface area (TPSA) is 28.2 Å². The van der Waals surface area contributed by atoms with Gasteiger partial charge in [0.05, 0.1) is 11.6 Å². The highest BCUT2D eigenvalue weighted by Crippen LogP contribution is 2.33. The summed E-state index contributed by atoms with van der Waals surface area (Å²) >= 11 is 6.39. The van der Waals surface area contributed by atoms with E-state index in [1.165, 1.54) is 25.7 Å². The lowest BCUT2D eigenvalue weighted by atomic mass is 10.2. The van der Waals surface area contributed by atoms with E-state index < -0.39 is 0 Å². The molecule has 0 atom stereocenters. The van der Waals surface area contributed by atoms with Crippen LogP contribution >= 0.6 is 11.6 Å². The summed E-state index contributed by atoms with van der Waals surface area (Å²) in [4.78, 5) is 6.66. The predicted molar refractivity (Wildman–Crippen MR) is 82.9 cm³/mol. The highest BCUT2D eigenvalue weighted by molar-refractivity contribution is 6.33. The molecule has 1 N–H and O–H groups in total. The molecule has 0 unspecified atom stereocenters. The first-order chi connectivity index (χ1) is 9.76. The Balaban J connectivity index is 1.68. The molecule has 0 amide bonds. The average molecular weight is 290 g/mol.